The molecule has 0 radical (unpaired) electrons. The van der Waals surface area contributed by atoms with Crippen LogP contribution in [0.5, 0.6) is 5.75 Å². The number of halogens is 1. The Morgan fingerprint density at radius 3 is 2.52 bits per heavy atom. The minimum absolute atomic E-state index is 0. The average Bonchev–Trinajstić information content (AvgIpc) is 3.14. The molecular formula is C22H29ClN2O2. The van der Waals surface area contributed by atoms with Crippen molar-refractivity contribution in [2.75, 3.05) is 7.11 Å². The van der Waals surface area contributed by atoms with E-state index in [2.05, 4.69) is 41.0 Å². The van der Waals surface area contributed by atoms with Gasteiger partial charge in [-0.3, -0.25) is 4.79 Å². The van der Waals surface area contributed by atoms with E-state index in [1.165, 1.54) is 22.3 Å². The Balaban J connectivity index is 0.00000261. The van der Waals surface area contributed by atoms with Crippen LogP contribution in [0.3, 0.4) is 0 Å². The molecule has 0 unspecified atom stereocenters. The van der Waals surface area contributed by atoms with Gasteiger partial charge in [0.1, 0.15) is 5.75 Å². The number of methoxy groups -OCH3 is 1. The third kappa shape index (κ3) is 6.56. The van der Waals surface area contributed by atoms with E-state index in [0.29, 0.717) is 13.0 Å². The maximum atomic E-state index is 12.0. The summed E-state index contributed by atoms with van der Waals surface area (Å²) in [6.45, 7) is 2.52. The van der Waals surface area contributed by atoms with E-state index in [1.807, 2.05) is 12.1 Å². The van der Waals surface area contributed by atoms with E-state index in [1.54, 1.807) is 7.11 Å². The van der Waals surface area contributed by atoms with Gasteiger partial charge < -0.3 is 15.4 Å². The normalized spacial score (nSPS) is 12.2. The number of hydrogen-bond acceptors (Lipinski definition) is 3. The first kappa shape index (κ1) is 21.3. The van der Waals surface area contributed by atoms with Crippen molar-refractivity contribution in [1.29, 1.82) is 0 Å². The first-order valence-electron chi connectivity index (χ1n) is 9.45. The van der Waals surface area contributed by atoms with Crippen molar-refractivity contribution >= 4 is 18.3 Å². The second kappa shape index (κ2) is 11.0. The maximum Gasteiger partial charge on any atom is 0.220 e. The van der Waals surface area contributed by atoms with Crippen molar-refractivity contribution in [2.45, 2.75) is 51.7 Å². The SMILES string of the molecule is COc1ccc(CCCCCC(=O)NCc2ccc3c(c2)CNC3)cc1.Cl. The first-order chi connectivity index (χ1) is 12.7. The van der Waals surface area contributed by atoms with Crippen LogP contribution in [-0.2, 0) is 30.8 Å². The lowest BCUT2D eigenvalue weighted by molar-refractivity contribution is -0.121. The zero-order valence-corrected chi connectivity index (χ0v) is 16.7. The lowest BCUT2D eigenvalue weighted by Crippen LogP contribution is -2.22. The van der Waals surface area contributed by atoms with Crippen molar-refractivity contribution in [1.82, 2.24) is 10.6 Å². The number of hydrogen-bond donors (Lipinski definition) is 2. The van der Waals surface area contributed by atoms with Gasteiger partial charge in [-0.05, 0) is 53.6 Å². The summed E-state index contributed by atoms with van der Waals surface area (Å²) in [4.78, 5) is 12.0. The van der Waals surface area contributed by atoms with Crippen LogP contribution in [0.1, 0.15) is 47.9 Å². The Hall–Kier alpha value is -2.04. The van der Waals surface area contributed by atoms with E-state index in [0.717, 1.165) is 44.5 Å². The molecule has 0 saturated carbocycles. The van der Waals surface area contributed by atoms with Gasteiger partial charge in [-0.25, -0.2) is 0 Å². The van der Waals surface area contributed by atoms with Crippen molar-refractivity contribution in [3.8, 4) is 5.75 Å². The molecule has 0 aromatic heterocycles. The highest BCUT2D eigenvalue weighted by Crippen LogP contribution is 2.17. The molecule has 0 spiro atoms. The standard InChI is InChI=1S/C22H28N2O2.ClH/c1-26-21-11-8-17(9-12-21)5-3-2-4-6-22(25)24-14-18-7-10-19-15-23-16-20(19)13-18;/h7-13,23H,2-6,14-16H2,1H3,(H,24,25);1H. The van der Waals surface area contributed by atoms with Crippen LogP contribution < -0.4 is 15.4 Å². The molecule has 0 aliphatic carbocycles. The summed E-state index contributed by atoms with van der Waals surface area (Å²) in [5.41, 5.74) is 5.23. The van der Waals surface area contributed by atoms with Gasteiger partial charge in [0.2, 0.25) is 5.91 Å². The summed E-state index contributed by atoms with van der Waals surface area (Å²) < 4.78 is 5.17. The van der Waals surface area contributed by atoms with E-state index >= 15 is 0 Å². The van der Waals surface area contributed by atoms with Crippen LogP contribution in [-0.4, -0.2) is 13.0 Å². The largest absolute Gasteiger partial charge is 0.497 e. The van der Waals surface area contributed by atoms with Crippen LogP contribution in [0.2, 0.25) is 0 Å². The molecule has 0 fully saturated rings. The molecule has 1 heterocycles. The number of carbonyl (C=O) groups excluding carboxylic acids is 1. The molecule has 2 aromatic rings. The van der Waals surface area contributed by atoms with Gasteiger partial charge in [0.05, 0.1) is 7.11 Å². The average molecular weight is 389 g/mol. The highest BCUT2D eigenvalue weighted by Gasteiger charge is 2.10. The first-order valence-corrected chi connectivity index (χ1v) is 9.45. The molecule has 0 saturated heterocycles. The van der Waals surface area contributed by atoms with E-state index < -0.39 is 0 Å². The summed E-state index contributed by atoms with van der Waals surface area (Å²) in [6.07, 6.45) is 4.78. The summed E-state index contributed by atoms with van der Waals surface area (Å²) in [7, 11) is 1.68. The zero-order valence-electron chi connectivity index (χ0n) is 15.9. The Labute approximate surface area is 168 Å². The summed E-state index contributed by atoms with van der Waals surface area (Å²) >= 11 is 0. The number of unbranched alkanes of at least 4 members (excludes halogenated alkanes) is 2. The molecule has 5 heteroatoms. The molecule has 1 aliphatic heterocycles. The van der Waals surface area contributed by atoms with E-state index in [-0.39, 0.29) is 18.3 Å². The number of benzene rings is 2. The third-order valence-corrected chi connectivity index (χ3v) is 4.92. The van der Waals surface area contributed by atoms with E-state index in [4.69, 9.17) is 4.74 Å². The molecule has 27 heavy (non-hydrogen) atoms. The lowest BCUT2D eigenvalue weighted by atomic mass is 10.1. The Bertz CT molecular complexity index is 732. The zero-order chi connectivity index (χ0) is 18.2. The number of carbonyl (C=O) groups is 1. The molecule has 4 nitrogen and oxygen atoms in total. The fourth-order valence-corrected chi connectivity index (χ4v) is 3.33. The number of amides is 1. The minimum atomic E-state index is 0. The number of nitrogens with one attached hydrogen (secondary N) is 2. The topological polar surface area (TPSA) is 50.4 Å². The highest BCUT2D eigenvalue weighted by molar-refractivity contribution is 5.85. The molecule has 3 rings (SSSR count). The van der Waals surface area contributed by atoms with Gasteiger partial charge >= 0.3 is 0 Å². The second-order valence-corrected chi connectivity index (χ2v) is 6.89. The molecule has 0 atom stereocenters. The molecule has 0 bridgehead atoms. The Morgan fingerprint density at radius 1 is 1.00 bits per heavy atom. The van der Waals surface area contributed by atoms with Gasteiger partial charge in [-0.15, -0.1) is 12.4 Å². The Morgan fingerprint density at radius 2 is 1.74 bits per heavy atom. The smallest absolute Gasteiger partial charge is 0.220 e. The highest BCUT2D eigenvalue weighted by atomic mass is 35.5. The predicted octanol–water partition coefficient (Wildman–Crippen LogP) is 4.14. The monoisotopic (exact) mass is 388 g/mol. The van der Waals surface area contributed by atoms with Crippen LogP contribution in [0, 0.1) is 0 Å². The summed E-state index contributed by atoms with van der Waals surface area (Å²) in [6, 6.07) is 14.7. The molecule has 1 amide bonds. The third-order valence-electron chi connectivity index (χ3n) is 4.92. The lowest BCUT2D eigenvalue weighted by Gasteiger charge is -2.07. The molecule has 146 valence electrons. The quantitative estimate of drug-likeness (QED) is 0.635. The fraction of sp³-hybridized carbons (Fsp3) is 0.409. The number of fused-ring (bicyclic) bond motifs is 1. The van der Waals surface area contributed by atoms with Crippen molar-refractivity contribution in [2.24, 2.45) is 0 Å². The molecule has 2 aromatic carbocycles. The number of rotatable bonds is 9. The van der Waals surface area contributed by atoms with Gasteiger partial charge in [0.25, 0.3) is 0 Å². The predicted molar refractivity (Wildman–Crippen MR) is 111 cm³/mol. The van der Waals surface area contributed by atoms with Crippen molar-refractivity contribution in [3.63, 3.8) is 0 Å². The van der Waals surface area contributed by atoms with Gasteiger partial charge in [-0.1, -0.05) is 36.8 Å². The fourth-order valence-electron chi connectivity index (χ4n) is 3.33. The van der Waals surface area contributed by atoms with Gasteiger partial charge in [0, 0.05) is 26.1 Å². The van der Waals surface area contributed by atoms with Gasteiger partial charge in [0.15, 0.2) is 0 Å². The molecule has 1 aliphatic rings. The van der Waals surface area contributed by atoms with Crippen LogP contribution in [0.15, 0.2) is 42.5 Å². The van der Waals surface area contributed by atoms with Crippen LogP contribution in [0.4, 0.5) is 0 Å². The molecular weight excluding hydrogens is 360 g/mol. The van der Waals surface area contributed by atoms with Crippen molar-refractivity contribution in [3.05, 3.63) is 64.7 Å². The summed E-state index contributed by atoms with van der Waals surface area (Å²) in [5.74, 6) is 1.04. The summed E-state index contributed by atoms with van der Waals surface area (Å²) in [5, 5.41) is 6.38. The second-order valence-electron chi connectivity index (χ2n) is 6.89. The number of ether oxygens (including phenoxy) is 1. The minimum Gasteiger partial charge on any atom is -0.497 e. The number of aryl methyl sites for hydroxylation is 1. The van der Waals surface area contributed by atoms with Crippen molar-refractivity contribution < 1.29 is 9.53 Å². The van der Waals surface area contributed by atoms with E-state index in [9.17, 15) is 4.79 Å². The van der Waals surface area contributed by atoms with Crippen LogP contribution in [0.25, 0.3) is 0 Å². The van der Waals surface area contributed by atoms with Gasteiger partial charge in [-0.2, -0.15) is 0 Å². The molecule has 2 N–H and O–H groups in total. The maximum absolute atomic E-state index is 12.0. The van der Waals surface area contributed by atoms with Crippen LogP contribution >= 0.6 is 12.4 Å². The Kier molecular flexibility index (Phi) is 8.62.